The van der Waals surface area contributed by atoms with E-state index in [1.165, 1.54) is 12.3 Å². The second-order valence-corrected chi connectivity index (χ2v) is 6.17. The minimum absolute atomic E-state index is 0.304. The molecule has 1 aliphatic carbocycles. The summed E-state index contributed by atoms with van der Waals surface area (Å²) >= 11 is 0. The monoisotopic (exact) mass is 305 g/mol. The Morgan fingerprint density at radius 1 is 1.41 bits per heavy atom. The Morgan fingerprint density at radius 2 is 2.09 bits per heavy atom. The van der Waals surface area contributed by atoms with Gasteiger partial charge in [-0.3, -0.25) is 15.0 Å². The van der Waals surface area contributed by atoms with Crippen LogP contribution in [0.5, 0.6) is 0 Å². The number of carbonyl (C=O) groups excluding carboxylic acids is 3. The van der Waals surface area contributed by atoms with E-state index in [4.69, 9.17) is 4.42 Å². The normalized spacial score (nSPS) is 28.1. The molecular weight excluding hydrogens is 286 g/mol. The van der Waals surface area contributed by atoms with Crippen LogP contribution in [-0.2, 0) is 4.79 Å². The molecule has 7 heteroatoms. The van der Waals surface area contributed by atoms with E-state index in [0.29, 0.717) is 30.1 Å². The molecule has 22 heavy (non-hydrogen) atoms. The number of urea groups is 1. The average molecular weight is 305 g/mol. The van der Waals surface area contributed by atoms with Crippen LogP contribution < -0.4 is 10.7 Å². The van der Waals surface area contributed by atoms with E-state index in [1.54, 1.807) is 6.92 Å². The number of hydrogen-bond acceptors (Lipinski definition) is 4. The summed E-state index contributed by atoms with van der Waals surface area (Å²) in [4.78, 5) is 36.8. The van der Waals surface area contributed by atoms with Gasteiger partial charge in [-0.25, -0.2) is 4.79 Å². The van der Waals surface area contributed by atoms with E-state index in [-0.39, 0.29) is 5.91 Å². The molecule has 2 N–H and O–H groups in total. The van der Waals surface area contributed by atoms with Crippen molar-refractivity contribution in [2.24, 2.45) is 5.92 Å². The van der Waals surface area contributed by atoms with Crippen molar-refractivity contribution in [2.75, 3.05) is 0 Å². The highest BCUT2D eigenvalue weighted by atomic mass is 16.3. The van der Waals surface area contributed by atoms with Crippen molar-refractivity contribution >= 4 is 17.8 Å². The lowest BCUT2D eigenvalue weighted by atomic mass is 9.77. The molecular formula is C15H19N3O4. The van der Waals surface area contributed by atoms with Crippen LogP contribution in [0.4, 0.5) is 4.79 Å². The molecule has 0 unspecified atom stereocenters. The van der Waals surface area contributed by atoms with E-state index < -0.39 is 17.5 Å². The number of aryl methyl sites for hydroxylation is 1. The zero-order valence-corrected chi connectivity index (χ0v) is 12.6. The molecule has 1 saturated carbocycles. The van der Waals surface area contributed by atoms with Crippen LogP contribution in [0.1, 0.15) is 48.7 Å². The molecule has 3 rings (SSSR count). The van der Waals surface area contributed by atoms with Gasteiger partial charge in [0.15, 0.2) is 0 Å². The zero-order chi connectivity index (χ0) is 15.9. The molecule has 0 aromatic carbocycles. The van der Waals surface area contributed by atoms with Gasteiger partial charge in [-0.2, -0.15) is 5.01 Å². The maximum atomic E-state index is 12.6. The SMILES string of the molecule is Cc1occc1C(=O)NN1C(=O)NC2(CCC(C)CC2)C1=O. The van der Waals surface area contributed by atoms with E-state index in [2.05, 4.69) is 17.7 Å². The summed E-state index contributed by atoms with van der Waals surface area (Å²) in [6.07, 6.45) is 4.37. The van der Waals surface area contributed by atoms with E-state index >= 15 is 0 Å². The summed E-state index contributed by atoms with van der Waals surface area (Å²) in [6, 6.07) is 0.926. The smallest absolute Gasteiger partial charge is 0.344 e. The number of nitrogens with one attached hydrogen (secondary N) is 2. The molecule has 1 aromatic heterocycles. The molecule has 0 atom stereocenters. The summed E-state index contributed by atoms with van der Waals surface area (Å²) in [5.41, 5.74) is 1.82. The first-order chi connectivity index (χ1) is 10.4. The molecule has 0 bridgehead atoms. The lowest BCUT2D eigenvalue weighted by Gasteiger charge is -2.33. The van der Waals surface area contributed by atoms with Crippen LogP contribution in [0.2, 0.25) is 0 Å². The molecule has 2 heterocycles. The maximum absolute atomic E-state index is 12.6. The van der Waals surface area contributed by atoms with Crippen LogP contribution in [-0.4, -0.2) is 28.4 Å². The van der Waals surface area contributed by atoms with Crippen molar-refractivity contribution in [1.29, 1.82) is 0 Å². The topological polar surface area (TPSA) is 91.7 Å². The van der Waals surface area contributed by atoms with Crippen LogP contribution in [0, 0.1) is 12.8 Å². The Kier molecular flexibility index (Phi) is 3.42. The van der Waals surface area contributed by atoms with E-state index in [1.807, 2.05) is 0 Å². The molecule has 1 spiro atoms. The van der Waals surface area contributed by atoms with E-state index in [0.717, 1.165) is 17.9 Å². The number of rotatable bonds is 2. The van der Waals surface area contributed by atoms with Gasteiger partial charge in [-0.15, -0.1) is 0 Å². The number of nitrogens with zero attached hydrogens (tertiary/aromatic N) is 1. The third-order valence-electron chi connectivity index (χ3n) is 4.61. The predicted octanol–water partition coefficient (Wildman–Crippen LogP) is 1.73. The molecule has 1 saturated heterocycles. The summed E-state index contributed by atoms with van der Waals surface area (Å²) in [7, 11) is 0. The molecule has 4 amide bonds. The van der Waals surface area contributed by atoms with Gasteiger partial charge in [-0.1, -0.05) is 6.92 Å². The number of hydrogen-bond donors (Lipinski definition) is 2. The zero-order valence-electron chi connectivity index (χ0n) is 12.6. The quantitative estimate of drug-likeness (QED) is 0.814. The van der Waals surface area contributed by atoms with Crippen molar-refractivity contribution in [3.63, 3.8) is 0 Å². The Morgan fingerprint density at radius 3 is 2.68 bits per heavy atom. The van der Waals surface area contributed by atoms with Crippen LogP contribution in [0.15, 0.2) is 16.7 Å². The Bertz CT molecular complexity index is 628. The highest BCUT2D eigenvalue weighted by Crippen LogP contribution is 2.35. The number of imide groups is 1. The summed E-state index contributed by atoms with van der Waals surface area (Å²) < 4.78 is 5.06. The molecule has 7 nitrogen and oxygen atoms in total. The average Bonchev–Trinajstić information content (AvgIpc) is 3.00. The predicted molar refractivity (Wildman–Crippen MR) is 76.7 cm³/mol. The minimum atomic E-state index is -0.859. The fourth-order valence-electron chi connectivity index (χ4n) is 3.10. The summed E-state index contributed by atoms with van der Waals surface area (Å²) in [6.45, 7) is 3.78. The largest absolute Gasteiger partial charge is 0.469 e. The highest BCUT2D eigenvalue weighted by Gasteiger charge is 2.53. The number of furan rings is 1. The molecule has 1 aliphatic heterocycles. The number of carbonyl (C=O) groups is 3. The minimum Gasteiger partial charge on any atom is -0.469 e. The lowest BCUT2D eigenvalue weighted by Crippen LogP contribution is -2.51. The highest BCUT2D eigenvalue weighted by molar-refractivity contribution is 6.09. The second kappa shape index (κ2) is 5.15. The van der Waals surface area contributed by atoms with Crippen molar-refractivity contribution in [3.8, 4) is 0 Å². The van der Waals surface area contributed by atoms with Crippen molar-refractivity contribution in [3.05, 3.63) is 23.7 Å². The van der Waals surface area contributed by atoms with Crippen LogP contribution >= 0.6 is 0 Å². The van der Waals surface area contributed by atoms with Gasteiger partial charge in [-0.05, 0) is 44.6 Å². The third-order valence-corrected chi connectivity index (χ3v) is 4.61. The summed E-state index contributed by atoms with van der Waals surface area (Å²) in [5, 5.41) is 3.55. The lowest BCUT2D eigenvalue weighted by molar-refractivity contribution is -0.134. The third kappa shape index (κ3) is 2.26. The Hall–Kier alpha value is -2.31. The van der Waals surface area contributed by atoms with Gasteiger partial charge in [0.25, 0.3) is 11.8 Å². The first-order valence-corrected chi connectivity index (χ1v) is 7.45. The van der Waals surface area contributed by atoms with Gasteiger partial charge in [0, 0.05) is 0 Å². The molecule has 2 fully saturated rings. The second-order valence-electron chi connectivity index (χ2n) is 6.17. The first kappa shape index (κ1) is 14.6. The first-order valence-electron chi connectivity index (χ1n) is 7.45. The Balaban J connectivity index is 1.75. The van der Waals surface area contributed by atoms with E-state index in [9.17, 15) is 14.4 Å². The standard InChI is InChI=1S/C15H19N3O4/c1-9-3-6-15(7-4-9)13(20)18(14(21)16-15)17-12(19)11-5-8-22-10(11)2/h5,8-9H,3-4,6-7H2,1-2H3,(H,16,21)(H,17,19). The maximum Gasteiger partial charge on any atom is 0.344 e. The molecule has 118 valence electrons. The molecule has 0 radical (unpaired) electrons. The van der Waals surface area contributed by atoms with Crippen LogP contribution in [0.3, 0.4) is 0 Å². The Labute approximate surface area is 128 Å². The van der Waals surface area contributed by atoms with Gasteiger partial charge >= 0.3 is 6.03 Å². The van der Waals surface area contributed by atoms with Crippen molar-refractivity contribution in [1.82, 2.24) is 15.8 Å². The van der Waals surface area contributed by atoms with Crippen molar-refractivity contribution in [2.45, 2.75) is 45.1 Å². The molecule has 1 aromatic rings. The van der Waals surface area contributed by atoms with Gasteiger partial charge in [0.05, 0.1) is 11.8 Å². The van der Waals surface area contributed by atoms with Crippen molar-refractivity contribution < 1.29 is 18.8 Å². The number of hydrazine groups is 1. The fraction of sp³-hybridized carbons (Fsp3) is 0.533. The summed E-state index contributed by atoms with van der Waals surface area (Å²) in [5.74, 6) is 0.0770. The fourth-order valence-corrected chi connectivity index (χ4v) is 3.10. The van der Waals surface area contributed by atoms with Crippen LogP contribution in [0.25, 0.3) is 0 Å². The van der Waals surface area contributed by atoms with Gasteiger partial charge < -0.3 is 9.73 Å². The number of amides is 4. The molecule has 2 aliphatic rings. The van der Waals surface area contributed by atoms with Gasteiger partial charge in [0.2, 0.25) is 0 Å². The van der Waals surface area contributed by atoms with Gasteiger partial charge in [0.1, 0.15) is 11.3 Å².